The minimum Gasteiger partial charge on any atom is -0.481 e. The van der Waals surface area contributed by atoms with Crippen LogP contribution in [0.5, 0.6) is 0 Å². The van der Waals surface area contributed by atoms with Crippen LogP contribution < -0.4 is 0 Å². The van der Waals surface area contributed by atoms with Gasteiger partial charge in [-0.05, 0) is 30.5 Å². The predicted octanol–water partition coefficient (Wildman–Crippen LogP) is 3.25. The molecule has 1 aromatic rings. The summed E-state index contributed by atoms with van der Waals surface area (Å²) in [5.74, 6) is -1.65. The van der Waals surface area contributed by atoms with E-state index >= 15 is 0 Å². The average molecular weight is 249 g/mol. The summed E-state index contributed by atoms with van der Waals surface area (Å²) in [4.78, 5) is 11.0. The van der Waals surface area contributed by atoms with Crippen molar-refractivity contribution in [3.63, 3.8) is 0 Å². The molecule has 0 radical (unpaired) electrons. The Kier molecular flexibility index (Phi) is 2.40. The Hall–Kier alpha value is -0.800. The molecule has 0 aromatic heterocycles. The Morgan fingerprint density at radius 3 is 2.47 bits per heavy atom. The van der Waals surface area contributed by atoms with Crippen molar-refractivity contribution in [1.82, 2.24) is 0 Å². The minimum absolute atomic E-state index is 0.140. The molecule has 0 spiro atoms. The van der Waals surface area contributed by atoms with Crippen LogP contribution in [0.4, 0.5) is 4.39 Å². The summed E-state index contributed by atoms with van der Waals surface area (Å²) in [5, 5.41) is 9.07. The van der Waals surface area contributed by atoms with Crippen LogP contribution in [0.1, 0.15) is 18.4 Å². The van der Waals surface area contributed by atoms with Crippen LogP contribution in [0.25, 0.3) is 0 Å². The Labute approximate surface area is 95.6 Å². The number of carboxylic acid groups (broad SMARTS) is 1. The summed E-state index contributed by atoms with van der Waals surface area (Å²) in [6, 6.07) is 2.50. The molecule has 1 fully saturated rings. The molecule has 80 valence electrons. The summed E-state index contributed by atoms with van der Waals surface area (Å²) in [5.41, 5.74) is -0.746. The fourth-order valence-corrected chi connectivity index (χ4v) is 2.12. The molecule has 5 heteroatoms. The molecule has 15 heavy (non-hydrogen) atoms. The van der Waals surface area contributed by atoms with Gasteiger partial charge in [-0.3, -0.25) is 4.79 Å². The highest BCUT2D eigenvalue weighted by Gasteiger charge is 2.53. The standard InChI is InChI=1S/C10H7Cl2FO2/c11-5-3-6(8(12)7(13)4-5)10(1-2-10)9(14)15/h3-4H,1-2H2,(H,14,15). The molecule has 0 unspecified atom stereocenters. The third kappa shape index (κ3) is 1.60. The molecule has 0 amide bonds. The molecular weight excluding hydrogens is 242 g/mol. The molecule has 2 rings (SSSR count). The van der Waals surface area contributed by atoms with Gasteiger partial charge in [-0.2, -0.15) is 0 Å². The second-order valence-electron chi connectivity index (χ2n) is 3.64. The third-order valence-electron chi connectivity index (χ3n) is 2.67. The van der Waals surface area contributed by atoms with Crippen LogP contribution in [0.2, 0.25) is 10.0 Å². The predicted molar refractivity (Wildman–Crippen MR) is 55.0 cm³/mol. The summed E-state index contributed by atoms with van der Waals surface area (Å²) in [7, 11) is 0. The normalized spacial score (nSPS) is 17.5. The Bertz CT molecular complexity index is 441. The van der Waals surface area contributed by atoms with E-state index in [1.807, 2.05) is 0 Å². The van der Waals surface area contributed by atoms with Gasteiger partial charge >= 0.3 is 5.97 Å². The SMILES string of the molecule is O=C(O)C1(c2cc(Cl)cc(F)c2Cl)CC1. The molecule has 1 N–H and O–H groups in total. The van der Waals surface area contributed by atoms with Gasteiger partial charge in [-0.25, -0.2) is 4.39 Å². The lowest BCUT2D eigenvalue weighted by Crippen LogP contribution is -2.20. The van der Waals surface area contributed by atoms with Crippen molar-refractivity contribution >= 4 is 29.2 Å². The number of carbonyl (C=O) groups is 1. The Morgan fingerprint density at radius 1 is 1.40 bits per heavy atom. The first-order valence-corrected chi connectivity index (χ1v) is 5.11. The number of hydrogen-bond donors (Lipinski definition) is 1. The second kappa shape index (κ2) is 3.35. The molecule has 0 atom stereocenters. The molecular formula is C10H7Cl2FO2. The quantitative estimate of drug-likeness (QED) is 0.817. The third-order valence-corrected chi connectivity index (χ3v) is 3.27. The van der Waals surface area contributed by atoms with E-state index < -0.39 is 17.2 Å². The van der Waals surface area contributed by atoms with Gasteiger partial charge in [0.25, 0.3) is 0 Å². The van der Waals surface area contributed by atoms with E-state index in [1.165, 1.54) is 6.07 Å². The van der Waals surface area contributed by atoms with Crippen LogP contribution in [0, 0.1) is 5.82 Å². The summed E-state index contributed by atoms with van der Waals surface area (Å²) in [6.07, 6.45) is 0.948. The summed E-state index contributed by atoms with van der Waals surface area (Å²) in [6.45, 7) is 0. The topological polar surface area (TPSA) is 37.3 Å². The van der Waals surface area contributed by atoms with Gasteiger partial charge in [0.1, 0.15) is 5.82 Å². The van der Waals surface area contributed by atoms with Crippen molar-refractivity contribution < 1.29 is 14.3 Å². The van der Waals surface area contributed by atoms with Crippen LogP contribution in [-0.4, -0.2) is 11.1 Å². The average Bonchev–Trinajstić information content (AvgIpc) is 2.91. The maximum Gasteiger partial charge on any atom is 0.314 e. The number of benzene rings is 1. The monoisotopic (exact) mass is 248 g/mol. The van der Waals surface area contributed by atoms with Crippen LogP contribution in [0.15, 0.2) is 12.1 Å². The van der Waals surface area contributed by atoms with Gasteiger partial charge in [-0.15, -0.1) is 0 Å². The van der Waals surface area contributed by atoms with Crippen molar-refractivity contribution in [2.24, 2.45) is 0 Å². The molecule has 0 saturated heterocycles. The Balaban J connectivity index is 2.58. The van der Waals surface area contributed by atoms with E-state index in [0.29, 0.717) is 12.8 Å². The maximum atomic E-state index is 13.3. The molecule has 0 aliphatic heterocycles. The van der Waals surface area contributed by atoms with Gasteiger partial charge in [0.2, 0.25) is 0 Å². The molecule has 1 aromatic carbocycles. The lowest BCUT2D eigenvalue weighted by atomic mass is 9.96. The molecule has 0 bridgehead atoms. The van der Waals surface area contributed by atoms with Gasteiger partial charge in [0.15, 0.2) is 0 Å². The van der Waals surface area contributed by atoms with E-state index in [0.717, 1.165) is 6.07 Å². The van der Waals surface area contributed by atoms with Gasteiger partial charge in [0.05, 0.1) is 10.4 Å². The maximum absolute atomic E-state index is 13.3. The molecule has 1 aliphatic rings. The Morgan fingerprint density at radius 2 is 2.00 bits per heavy atom. The summed E-state index contributed by atoms with van der Waals surface area (Å²) >= 11 is 11.4. The van der Waals surface area contributed by atoms with E-state index in [-0.39, 0.29) is 15.6 Å². The number of halogens is 3. The first-order valence-electron chi connectivity index (χ1n) is 4.36. The van der Waals surface area contributed by atoms with Crippen molar-refractivity contribution in [3.05, 3.63) is 33.6 Å². The lowest BCUT2D eigenvalue weighted by Gasteiger charge is -2.12. The molecule has 0 heterocycles. The highest BCUT2D eigenvalue weighted by molar-refractivity contribution is 6.34. The largest absolute Gasteiger partial charge is 0.481 e. The van der Waals surface area contributed by atoms with E-state index in [9.17, 15) is 9.18 Å². The summed E-state index contributed by atoms with van der Waals surface area (Å²) < 4.78 is 13.3. The zero-order chi connectivity index (χ0) is 11.2. The number of aliphatic carboxylic acids is 1. The van der Waals surface area contributed by atoms with E-state index in [1.54, 1.807) is 0 Å². The van der Waals surface area contributed by atoms with Gasteiger partial charge in [0, 0.05) is 5.02 Å². The first-order chi connectivity index (χ1) is 6.97. The van der Waals surface area contributed by atoms with Crippen molar-refractivity contribution in [2.75, 3.05) is 0 Å². The molecule has 1 aliphatic carbocycles. The van der Waals surface area contributed by atoms with Crippen molar-refractivity contribution in [3.8, 4) is 0 Å². The molecule has 2 nitrogen and oxygen atoms in total. The van der Waals surface area contributed by atoms with Crippen molar-refractivity contribution in [2.45, 2.75) is 18.3 Å². The fraction of sp³-hybridized carbons (Fsp3) is 0.300. The highest BCUT2D eigenvalue weighted by atomic mass is 35.5. The molecule has 1 saturated carbocycles. The smallest absolute Gasteiger partial charge is 0.314 e. The number of hydrogen-bond acceptors (Lipinski definition) is 1. The van der Waals surface area contributed by atoms with E-state index in [2.05, 4.69) is 0 Å². The van der Waals surface area contributed by atoms with Crippen LogP contribution >= 0.6 is 23.2 Å². The fourth-order valence-electron chi connectivity index (χ4n) is 1.63. The zero-order valence-corrected chi connectivity index (χ0v) is 9.07. The van der Waals surface area contributed by atoms with Crippen molar-refractivity contribution in [1.29, 1.82) is 0 Å². The van der Waals surface area contributed by atoms with Gasteiger partial charge < -0.3 is 5.11 Å². The number of rotatable bonds is 2. The lowest BCUT2D eigenvalue weighted by molar-refractivity contribution is -0.140. The van der Waals surface area contributed by atoms with Crippen LogP contribution in [-0.2, 0) is 10.2 Å². The minimum atomic E-state index is -1.02. The second-order valence-corrected chi connectivity index (χ2v) is 4.45. The first kappa shape index (κ1) is 10.7. The van der Waals surface area contributed by atoms with E-state index in [4.69, 9.17) is 28.3 Å². The van der Waals surface area contributed by atoms with Gasteiger partial charge in [-0.1, -0.05) is 23.2 Å². The zero-order valence-electron chi connectivity index (χ0n) is 7.56. The highest BCUT2D eigenvalue weighted by Crippen LogP contribution is 2.51. The number of carboxylic acids is 1. The van der Waals surface area contributed by atoms with Crippen LogP contribution in [0.3, 0.4) is 0 Å².